The van der Waals surface area contributed by atoms with Gasteiger partial charge in [0.2, 0.25) is 5.78 Å². The zero-order valence-electron chi connectivity index (χ0n) is 13.9. The van der Waals surface area contributed by atoms with Crippen LogP contribution < -0.4 is 9.47 Å². The van der Waals surface area contributed by atoms with Gasteiger partial charge in [-0.25, -0.2) is 0 Å². The Labute approximate surface area is 137 Å². The van der Waals surface area contributed by atoms with E-state index in [4.69, 9.17) is 9.47 Å². The van der Waals surface area contributed by atoms with Crippen molar-refractivity contribution in [3.8, 4) is 11.5 Å². The van der Waals surface area contributed by atoms with Crippen LogP contribution in [0.5, 0.6) is 11.5 Å². The number of ketones is 1. The predicted molar refractivity (Wildman–Crippen MR) is 92.0 cm³/mol. The van der Waals surface area contributed by atoms with Crippen LogP contribution in [0, 0.1) is 0 Å². The standard InChI is InChI=1S/C19H21NO3/c1-20(2)16(18(21)14-9-6-5-7-10-14)13-15-11-8-12-17(22-3)19(15)23-4/h5-13H,1-4H3. The van der Waals surface area contributed by atoms with Crippen molar-refractivity contribution in [2.75, 3.05) is 28.3 Å². The quantitative estimate of drug-likeness (QED) is 0.605. The maximum Gasteiger partial charge on any atom is 0.209 e. The lowest BCUT2D eigenvalue weighted by Crippen LogP contribution is -2.19. The van der Waals surface area contributed by atoms with Crippen molar-refractivity contribution in [2.45, 2.75) is 0 Å². The fourth-order valence-corrected chi connectivity index (χ4v) is 2.31. The summed E-state index contributed by atoms with van der Waals surface area (Å²) >= 11 is 0. The molecule has 2 aromatic carbocycles. The lowest BCUT2D eigenvalue weighted by Gasteiger charge is -2.17. The lowest BCUT2D eigenvalue weighted by molar-refractivity contribution is 0.101. The van der Waals surface area contributed by atoms with Crippen molar-refractivity contribution in [1.82, 2.24) is 4.90 Å². The molecule has 0 bridgehead atoms. The molecule has 0 aliphatic carbocycles. The monoisotopic (exact) mass is 311 g/mol. The Morgan fingerprint density at radius 1 is 0.957 bits per heavy atom. The average molecular weight is 311 g/mol. The van der Waals surface area contributed by atoms with Gasteiger partial charge in [-0.3, -0.25) is 4.79 Å². The minimum absolute atomic E-state index is 0.0412. The summed E-state index contributed by atoms with van der Waals surface area (Å²) in [5.41, 5.74) is 2.01. The molecule has 0 radical (unpaired) electrons. The number of carbonyl (C=O) groups is 1. The molecule has 4 nitrogen and oxygen atoms in total. The lowest BCUT2D eigenvalue weighted by atomic mass is 10.0. The van der Waals surface area contributed by atoms with Crippen molar-refractivity contribution < 1.29 is 14.3 Å². The molecule has 0 aliphatic heterocycles. The van der Waals surface area contributed by atoms with Crippen molar-refractivity contribution >= 4 is 11.9 Å². The highest BCUT2D eigenvalue weighted by Gasteiger charge is 2.16. The number of para-hydroxylation sites is 1. The maximum atomic E-state index is 12.8. The van der Waals surface area contributed by atoms with Crippen LogP contribution in [0.2, 0.25) is 0 Å². The van der Waals surface area contributed by atoms with Crippen LogP contribution in [0.4, 0.5) is 0 Å². The number of rotatable bonds is 6. The van der Waals surface area contributed by atoms with E-state index < -0.39 is 0 Å². The molecule has 23 heavy (non-hydrogen) atoms. The summed E-state index contributed by atoms with van der Waals surface area (Å²) in [7, 11) is 6.87. The molecule has 0 amide bonds. The van der Waals surface area contributed by atoms with Crippen LogP contribution in [0.25, 0.3) is 6.08 Å². The summed E-state index contributed by atoms with van der Waals surface area (Å²) in [4.78, 5) is 14.6. The molecular weight excluding hydrogens is 290 g/mol. The van der Waals surface area contributed by atoms with Crippen LogP contribution >= 0.6 is 0 Å². The zero-order chi connectivity index (χ0) is 16.8. The molecule has 0 fully saturated rings. The number of nitrogens with zero attached hydrogens (tertiary/aromatic N) is 1. The van der Waals surface area contributed by atoms with Gasteiger partial charge in [0, 0.05) is 25.2 Å². The van der Waals surface area contributed by atoms with Gasteiger partial charge in [0.1, 0.15) is 0 Å². The second-order valence-electron chi connectivity index (χ2n) is 5.20. The third-order valence-electron chi connectivity index (χ3n) is 3.48. The van der Waals surface area contributed by atoms with Gasteiger partial charge in [0.15, 0.2) is 11.5 Å². The molecule has 0 heterocycles. The minimum Gasteiger partial charge on any atom is -0.493 e. The number of allylic oxidation sites excluding steroid dienone is 1. The summed E-state index contributed by atoms with van der Waals surface area (Å²) in [6, 6.07) is 14.8. The topological polar surface area (TPSA) is 38.8 Å². The summed E-state index contributed by atoms with van der Waals surface area (Å²) < 4.78 is 10.7. The molecule has 2 aromatic rings. The molecule has 0 saturated heterocycles. The summed E-state index contributed by atoms with van der Waals surface area (Å²) in [6.45, 7) is 0. The zero-order valence-corrected chi connectivity index (χ0v) is 13.9. The number of ether oxygens (including phenoxy) is 2. The largest absolute Gasteiger partial charge is 0.493 e. The van der Waals surface area contributed by atoms with E-state index in [9.17, 15) is 4.79 Å². The van der Waals surface area contributed by atoms with Crippen LogP contribution in [0.1, 0.15) is 15.9 Å². The summed E-state index contributed by atoms with van der Waals surface area (Å²) in [6.07, 6.45) is 1.82. The first-order chi connectivity index (χ1) is 11.1. The number of carbonyl (C=O) groups excluding carboxylic acids is 1. The fraction of sp³-hybridized carbons (Fsp3) is 0.211. The number of likely N-dealkylation sites (N-methyl/N-ethyl adjacent to an activating group) is 1. The van der Waals surface area contributed by atoms with Gasteiger partial charge in [-0.2, -0.15) is 0 Å². The van der Waals surface area contributed by atoms with E-state index in [0.717, 1.165) is 5.56 Å². The Morgan fingerprint density at radius 2 is 1.65 bits per heavy atom. The van der Waals surface area contributed by atoms with Crippen LogP contribution in [-0.4, -0.2) is 39.0 Å². The number of hydrogen-bond acceptors (Lipinski definition) is 4. The molecular formula is C19H21NO3. The molecule has 120 valence electrons. The minimum atomic E-state index is -0.0412. The molecule has 0 saturated carbocycles. The second kappa shape index (κ2) is 7.49. The molecule has 0 unspecified atom stereocenters. The van der Waals surface area contributed by atoms with Crippen LogP contribution in [0.15, 0.2) is 54.2 Å². The molecule has 4 heteroatoms. The van der Waals surface area contributed by atoms with E-state index in [-0.39, 0.29) is 5.78 Å². The Hall–Kier alpha value is -2.75. The number of methoxy groups -OCH3 is 2. The van der Waals surface area contributed by atoms with Gasteiger partial charge in [-0.15, -0.1) is 0 Å². The van der Waals surface area contributed by atoms with Gasteiger partial charge in [-0.1, -0.05) is 42.5 Å². The highest BCUT2D eigenvalue weighted by Crippen LogP contribution is 2.32. The Kier molecular flexibility index (Phi) is 5.41. The summed E-state index contributed by atoms with van der Waals surface area (Å²) in [5.74, 6) is 1.20. The molecule has 2 rings (SSSR count). The van der Waals surface area contributed by atoms with Crippen molar-refractivity contribution in [1.29, 1.82) is 0 Å². The fourth-order valence-electron chi connectivity index (χ4n) is 2.31. The number of Topliss-reactive ketones (excluding diaryl/α,β-unsaturated/α-hetero) is 1. The molecule has 0 atom stereocenters. The van der Waals surface area contributed by atoms with Gasteiger partial charge < -0.3 is 14.4 Å². The van der Waals surface area contributed by atoms with E-state index in [1.165, 1.54) is 0 Å². The van der Waals surface area contributed by atoms with E-state index in [0.29, 0.717) is 22.8 Å². The highest BCUT2D eigenvalue weighted by molar-refractivity contribution is 6.10. The van der Waals surface area contributed by atoms with E-state index in [1.54, 1.807) is 19.1 Å². The van der Waals surface area contributed by atoms with Gasteiger partial charge >= 0.3 is 0 Å². The van der Waals surface area contributed by atoms with Crippen molar-refractivity contribution in [2.24, 2.45) is 0 Å². The third-order valence-corrected chi connectivity index (χ3v) is 3.48. The molecule has 0 spiro atoms. The van der Waals surface area contributed by atoms with Crippen LogP contribution in [-0.2, 0) is 0 Å². The molecule has 0 aromatic heterocycles. The smallest absolute Gasteiger partial charge is 0.209 e. The van der Waals surface area contributed by atoms with Gasteiger partial charge in [-0.05, 0) is 12.1 Å². The van der Waals surface area contributed by atoms with Crippen molar-refractivity contribution in [3.63, 3.8) is 0 Å². The normalized spacial score (nSPS) is 11.0. The van der Waals surface area contributed by atoms with E-state index in [2.05, 4.69) is 0 Å². The SMILES string of the molecule is COc1cccc(C=C(C(=O)c2ccccc2)N(C)C)c1OC. The second-order valence-corrected chi connectivity index (χ2v) is 5.20. The predicted octanol–water partition coefficient (Wildman–Crippen LogP) is 3.49. The third kappa shape index (κ3) is 3.72. The molecule has 0 N–H and O–H groups in total. The number of benzene rings is 2. The number of hydrogen-bond donors (Lipinski definition) is 0. The summed E-state index contributed by atoms with van der Waals surface area (Å²) in [5, 5.41) is 0. The first kappa shape index (κ1) is 16.6. The van der Waals surface area contributed by atoms with Crippen molar-refractivity contribution in [3.05, 3.63) is 65.4 Å². The van der Waals surface area contributed by atoms with E-state index >= 15 is 0 Å². The first-order valence-electron chi connectivity index (χ1n) is 7.28. The van der Waals surface area contributed by atoms with Gasteiger partial charge in [0.25, 0.3) is 0 Å². The maximum absolute atomic E-state index is 12.8. The Morgan fingerprint density at radius 3 is 2.22 bits per heavy atom. The Balaban J connectivity index is 2.50. The van der Waals surface area contributed by atoms with Gasteiger partial charge in [0.05, 0.1) is 19.9 Å². The van der Waals surface area contributed by atoms with Crippen LogP contribution in [0.3, 0.4) is 0 Å². The van der Waals surface area contributed by atoms with E-state index in [1.807, 2.05) is 68.7 Å². The molecule has 0 aliphatic rings. The highest BCUT2D eigenvalue weighted by atomic mass is 16.5. The first-order valence-corrected chi connectivity index (χ1v) is 7.28. The average Bonchev–Trinajstić information content (AvgIpc) is 2.59. The Bertz CT molecular complexity index is 706.